The van der Waals surface area contributed by atoms with Crippen LogP contribution in [0.1, 0.15) is 22.3 Å². The van der Waals surface area contributed by atoms with Crippen LogP contribution in [-0.2, 0) is 6.42 Å². The summed E-state index contributed by atoms with van der Waals surface area (Å²) in [6, 6.07) is 9.74. The minimum atomic E-state index is -0.234. The molecular formula is C17H17FN2O2. The Kier molecular flexibility index (Phi) is 4.04. The standard InChI is InChI=1S/C17H17FN2O2/c18-16-5-3-13(4-6-16)10-14-7-9-19(11-14)17(21)15-2-1-8-20(22)12-15/h1-6,8,12,14H,7,9-11H2. The number of likely N-dealkylation sites (tertiary alicyclic amines) is 1. The number of hydrogen-bond acceptors (Lipinski definition) is 2. The minimum absolute atomic E-state index is 0.105. The Labute approximate surface area is 128 Å². The maximum absolute atomic E-state index is 12.9. The molecule has 1 saturated heterocycles. The number of halogens is 1. The van der Waals surface area contributed by atoms with E-state index in [1.807, 2.05) is 0 Å². The zero-order valence-corrected chi connectivity index (χ0v) is 12.1. The van der Waals surface area contributed by atoms with Crippen molar-refractivity contribution in [3.05, 3.63) is 70.9 Å². The fourth-order valence-electron chi connectivity index (χ4n) is 2.90. The van der Waals surface area contributed by atoms with Crippen molar-refractivity contribution in [2.45, 2.75) is 12.8 Å². The van der Waals surface area contributed by atoms with Crippen molar-refractivity contribution in [2.75, 3.05) is 13.1 Å². The van der Waals surface area contributed by atoms with Crippen LogP contribution in [0.4, 0.5) is 4.39 Å². The highest BCUT2D eigenvalue weighted by atomic mass is 19.1. The largest absolute Gasteiger partial charge is 0.619 e. The van der Waals surface area contributed by atoms with Gasteiger partial charge in [0.15, 0.2) is 12.4 Å². The molecule has 0 N–H and O–H groups in total. The van der Waals surface area contributed by atoms with Gasteiger partial charge in [-0.15, -0.1) is 0 Å². The molecule has 1 amide bonds. The molecule has 0 saturated carbocycles. The zero-order chi connectivity index (χ0) is 15.5. The molecule has 4 nitrogen and oxygen atoms in total. The number of aromatic nitrogens is 1. The molecular weight excluding hydrogens is 283 g/mol. The first kappa shape index (κ1) is 14.5. The first-order chi connectivity index (χ1) is 10.6. The Morgan fingerprint density at radius 1 is 1.32 bits per heavy atom. The van der Waals surface area contributed by atoms with E-state index in [4.69, 9.17) is 0 Å². The average molecular weight is 300 g/mol. The zero-order valence-electron chi connectivity index (χ0n) is 12.1. The lowest BCUT2D eigenvalue weighted by Gasteiger charge is -2.16. The molecule has 2 aromatic rings. The number of amides is 1. The van der Waals surface area contributed by atoms with Gasteiger partial charge in [0, 0.05) is 19.2 Å². The Balaban J connectivity index is 1.62. The summed E-state index contributed by atoms with van der Waals surface area (Å²) in [5.41, 5.74) is 1.50. The van der Waals surface area contributed by atoms with Gasteiger partial charge in [0.25, 0.3) is 5.91 Å². The van der Waals surface area contributed by atoms with Crippen molar-refractivity contribution in [2.24, 2.45) is 5.92 Å². The van der Waals surface area contributed by atoms with E-state index in [1.165, 1.54) is 24.5 Å². The van der Waals surface area contributed by atoms with E-state index in [0.717, 1.165) is 18.4 Å². The number of rotatable bonds is 3. The van der Waals surface area contributed by atoms with Crippen molar-refractivity contribution in [3.63, 3.8) is 0 Å². The predicted octanol–water partition coefficient (Wildman–Crippen LogP) is 2.16. The Morgan fingerprint density at radius 2 is 2.09 bits per heavy atom. The van der Waals surface area contributed by atoms with Gasteiger partial charge >= 0.3 is 0 Å². The fourth-order valence-corrected chi connectivity index (χ4v) is 2.90. The summed E-state index contributed by atoms with van der Waals surface area (Å²) >= 11 is 0. The lowest BCUT2D eigenvalue weighted by molar-refractivity contribution is -0.605. The first-order valence-electron chi connectivity index (χ1n) is 7.34. The van der Waals surface area contributed by atoms with Crippen molar-refractivity contribution >= 4 is 5.91 Å². The highest BCUT2D eigenvalue weighted by Crippen LogP contribution is 2.22. The molecule has 0 aliphatic carbocycles. The van der Waals surface area contributed by atoms with Gasteiger partial charge in [0.1, 0.15) is 11.4 Å². The van der Waals surface area contributed by atoms with E-state index in [0.29, 0.717) is 29.3 Å². The smallest absolute Gasteiger partial charge is 0.259 e. The quantitative estimate of drug-likeness (QED) is 0.644. The molecule has 0 bridgehead atoms. The Hall–Kier alpha value is -2.43. The third-order valence-electron chi connectivity index (χ3n) is 4.03. The summed E-state index contributed by atoms with van der Waals surface area (Å²) in [7, 11) is 0. The van der Waals surface area contributed by atoms with Crippen molar-refractivity contribution in [3.8, 4) is 0 Å². The topological polar surface area (TPSA) is 47.2 Å². The van der Waals surface area contributed by atoms with Gasteiger partial charge in [0.2, 0.25) is 0 Å². The summed E-state index contributed by atoms with van der Waals surface area (Å²) in [5.74, 6) is 0.0336. The van der Waals surface area contributed by atoms with Gasteiger partial charge in [-0.05, 0) is 42.5 Å². The highest BCUT2D eigenvalue weighted by Gasteiger charge is 2.27. The average Bonchev–Trinajstić information content (AvgIpc) is 2.97. The van der Waals surface area contributed by atoms with E-state index in [1.54, 1.807) is 29.2 Å². The van der Waals surface area contributed by atoms with Gasteiger partial charge in [-0.2, -0.15) is 4.73 Å². The maximum Gasteiger partial charge on any atom is 0.259 e. The number of carbonyl (C=O) groups excluding carboxylic acids is 1. The fraction of sp³-hybridized carbons (Fsp3) is 0.294. The maximum atomic E-state index is 12.9. The van der Waals surface area contributed by atoms with E-state index in [2.05, 4.69) is 0 Å². The van der Waals surface area contributed by atoms with Crippen LogP contribution in [0.3, 0.4) is 0 Å². The van der Waals surface area contributed by atoms with Crippen LogP contribution in [0.2, 0.25) is 0 Å². The molecule has 3 rings (SSSR count). The van der Waals surface area contributed by atoms with Gasteiger partial charge in [-0.3, -0.25) is 4.79 Å². The lowest BCUT2D eigenvalue weighted by Crippen LogP contribution is -2.32. The lowest BCUT2D eigenvalue weighted by atomic mass is 9.99. The van der Waals surface area contributed by atoms with Crippen LogP contribution in [0.5, 0.6) is 0 Å². The molecule has 5 heteroatoms. The second-order valence-corrected chi connectivity index (χ2v) is 5.69. The van der Waals surface area contributed by atoms with Crippen LogP contribution < -0.4 is 4.73 Å². The highest BCUT2D eigenvalue weighted by molar-refractivity contribution is 5.93. The molecule has 2 heterocycles. The van der Waals surface area contributed by atoms with Gasteiger partial charge < -0.3 is 10.1 Å². The van der Waals surface area contributed by atoms with Crippen LogP contribution in [0.15, 0.2) is 48.8 Å². The first-order valence-corrected chi connectivity index (χ1v) is 7.34. The second-order valence-electron chi connectivity index (χ2n) is 5.69. The minimum Gasteiger partial charge on any atom is -0.619 e. The molecule has 0 radical (unpaired) electrons. The molecule has 1 aliphatic rings. The van der Waals surface area contributed by atoms with Gasteiger partial charge in [-0.1, -0.05) is 12.1 Å². The Bertz CT molecular complexity index is 673. The molecule has 114 valence electrons. The molecule has 22 heavy (non-hydrogen) atoms. The SMILES string of the molecule is O=C(c1ccc[n+]([O-])c1)N1CCC(Cc2ccc(F)cc2)C1. The molecule has 1 aromatic heterocycles. The van der Waals surface area contributed by atoms with Crippen LogP contribution >= 0.6 is 0 Å². The molecule has 1 atom stereocenters. The van der Waals surface area contributed by atoms with Crippen LogP contribution in [0.25, 0.3) is 0 Å². The monoisotopic (exact) mass is 300 g/mol. The normalized spacial score (nSPS) is 17.7. The second kappa shape index (κ2) is 6.13. The molecule has 1 unspecified atom stereocenters. The number of hydrogen-bond donors (Lipinski definition) is 0. The third-order valence-corrected chi connectivity index (χ3v) is 4.03. The van der Waals surface area contributed by atoms with E-state index in [9.17, 15) is 14.4 Å². The summed E-state index contributed by atoms with van der Waals surface area (Å²) in [4.78, 5) is 14.1. The number of benzene rings is 1. The van der Waals surface area contributed by atoms with Crippen LogP contribution in [0, 0.1) is 16.9 Å². The third kappa shape index (κ3) is 3.24. The molecule has 1 fully saturated rings. The Morgan fingerprint density at radius 3 is 2.82 bits per heavy atom. The number of pyridine rings is 1. The van der Waals surface area contributed by atoms with E-state index < -0.39 is 0 Å². The van der Waals surface area contributed by atoms with Gasteiger partial charge in [-0.25, -0.2) is 4.39 Å². The number of nitrogens with zero attached hydrogens (tertiary/aromatic N) is 2. The van der Waals surface area contributed by atoms with Crippen molar-refractivity contribution in [1.82, 2.24) is 4.90 Å². The summed E-state index contributed by atoms with van der Waals surface area (Å²) in [5, 5.41) is 11.3. The van der Waals surface area contributed by atoms with Crippen molar-refractivity contribution < 1.29 is 13.9 Å². The molecule has 1 aliphatic heterocycles. The summed E-state index contributed by atoms with van der Waals surface area (Å²) < 4.78 is 13.5. The van der Waals surface area contributed by atoms with Crippen LogP contribution in [-0.4, -0.2) is 23.9 Å². The van der Waals surface area contributed by atoms with E-state index >= 15 is 0 Å². The predicted molar refractivity (Wildman–Crippen MR) is 79.5 cm³/mol. The van der Waals surface area contributed by atoms with E-state index in [-0.39, 0.29) is 11.7 Å². The van der Waals surface area contributed by atoms with Gasteiger partial charge in [0.05, 0.1) is 0 Å². The van der Waals surface area contributed by atoms with Crippen molar-refractivity contribution in [1.29, 1.82) is 0 Å². The molecule has 0 spiro atoms. The molecule has 1 aromatic carbocycles. The summed E-state index contributed by atoms with van der Waals surface area (Å²) in [6.07, 6.45) is 4.42. The number of carbonyl (C=O) groups is 1. The summed E-state index contributed by atoms with van der Waals surface area (Å²) in [6.45, 7) is 1.36.